The summed E-state index contributed by atoms with van der Waals surface area (Å²) in [5.74, 6) is -1.52. The smallest absolute Gasteiger partial charge is 0.505 e. The molecule has 1 aliphatic heterocycles. The maximum absolute atomic E-state index is 14.4. The molecule has 0 aliphatic carbocycles. The zero-order valence-electron chi connectivity index (χ0n) is 19.0. The molecular formula is C25H21FN4O5. The fourth-order valence-electron chi connectivity index (χ4n) is 3.51. The van der Waals surface area contributed by atoms with Crippen molar-refractivity contribution in [2.75, 3.05) is 10.4 Å². The van der Waals surface area contributed by atoms with E-state index in [2.05, 4.69) is 20.4 Å². The van der Waals surface area contributed by atoms with Crippen LogP contribution in [0.15, 0.2) is 64.8 Å². The molecule has 3 aromatic rings. The third-order valence-corrected chi connectivity index (χ3v) is 5.44. The van der Waals surface area contributed by atoms with Gasteiger partial charge in [0.05, 0.1) is 11.4 Å². The van der Waals surface area contributed by atoms with Gasteiger partial charge < -0.3 is 14.9 Å². The van der Waals surface area contributed by atoms with Crippen LogP contribution in [0, 0.1) is 19.7 Å². The average Bonchev–Trinajstić information content (AvgIpc) is 3.09. The van der Waals surface area contributed by atoms with E-state index in [9.17, 15) is 19.1 Å². The monoisotopic (exact) mass is 476 g/mol. The number of anilines is 2. The van der Waals surface area contributed by atoms with E-state index in [0.29, 0.717) is 17.0 Å². The Hall–Kier alpha value is -4.73. The van der Waals surface area contributed by atoms with Crippen molar-refractivity contribution in [3.8, 4) is 22.6 Å². The Labute approximate surface area is 199 Å². The second kappa shape index (κ2) is 9.26. The molecule has 4 rings (SSSR count). The van der Waals surface area contributed by atoms with Crippen LogP contribution in [-0.4, -0.2) is 33.7 Å². The average molecular weight is 476 g/mol. The van der Waals surface area contributed by atoms with Gasteiger partial charge in [0.2, 0.25) is 0 Å². The Morgan fingerprint density at radius 1 is 1.09 bits per heavy atom. The Morgan fingerprint density at radius 3 is 2.57 bits per heavy atom. The van der Waals surface area contributed by atoms with E-state index in [1.54, 1.807) is 19.1 Å². The summed E-state index contributed by atoms with van der Waals surface area (Å²) in [4.78, 5) is 23.7. The first-order valence-electron chi connectivity index (χ1n) is 10.5. The van der Waals surface area contributed by atoms with Crippen molar-refractivity contribution >= 4 is 34.9 Å². The molecule has 0 bridgehead atoms. The first-order valence-corrected chi connectivity index (χ1v) is 10.5. The molecule has 0 atom stereocenters. The standard InChI is InChI=1S/C25H21FN4O5/c1-13-7-8-18(9-14(13)2)30-24(32)22(15(3)29-30)28-27-21-12-17(26)11-20(23(21)31)16-5-4-6-19(10-16)35-25(33)34/h4-12,27,31H,1-3H3,(H,33,34). The third kappa shape index (κ3) is 4.81. The number of halogens is 1. The van der Waals surface area contributed by atoms with Crippen molar-refractivity contribution in [3.63, 3.8) is 0 Å². The van der Waals surface area contributed by atoms with Crippen LogP contribution in [0.5, 0.6) is 11.5 Å². The molecule has 0 saturated carbocycles. The van der Waals surface area contributed by atoms with Gasteiger partial charge in [-0.3, -0.25) is 10.2 Å². The number of ether oxygens (including phenoxy) is 1. The lowest BCUT2D eigenvalue weighted by Crippen LogP contribution is -2.28. The minimum atomic E-state index is -1.50. The van der Waals surface area contributed by atoms with E-state index < -0.39 is 17.9 Å². The van der Waals surface area contributed by atoms with E-state index in [-0.39, 0.29) is 28.5 Å². The molecule has 0 radical (unpaired) electrons. The van der Waals surface area contributed by atoms with Crippen molar-refractivity contribution < 1.29 is 28.9 Å². The molecule has 0 aromatic heterocycles. The zero-order valence-corrected chi connectivity index (χ0v) is 19.0. The molecule has 1 amide bonds. The van der Waals surface area contributed by atoms with Gasteiger partial charge in [-0.25, -0.2) is 9.18 Å². The second-order valence-corrected chi connectivity index (χ2v) is 7.89. The van der Waals surface area contributed by atoms with Gasteiger partial charge in [0.25, 0.3) is 0 Å². The van der Waals surface area contributed by atoms with Crippen LogP contribution in [0.25, 0.3) is 11.1 Å². The van der Waals surface area contributed by atoms with Gasteiger partial charge in [0, 0.05) is 11.6 Å². The molecule has 0 unspecified atom stereocenters. The predicted octanol–water partition coefficient (Wildman–Crippen LogP) is 5.06. The summed E-state index contributed by atoms with van der Waals surface area (Å²) in [5.41, 5.74) is 5.85. The molecule has 178 valence electrons. The Bertz CT molecular complexity index is 1420. The molecule has 1 aliphatic rings. The molecule has 0 spiro atoms. The van der Waals surface area contributed by atoms with Crippen molar-refractivity contribution in [1.82, 2.24) is 0 Å². The molecule has 10 heteroatoms. The Balaban J connectivity index is 1.63. The maximum atomic E-state index is 14.4. The maximum Gasteiger partial charge on any atom is 0.511 e. The number of amides is 1. The number of benzene rings is 3. The second-order valence-electron chi connectivity index (χ2n) is 7.89. The summed E-state index contributed by atoms with van der Waals surface area (Å²) < 4.78 is 19.0. The van der Waals surface area contributed by atoms with E-state index in [1.165, 1.54) is 23.2 Å². The number of aryl methyl sites for hydroxylation is 2. The zero-order chi connectivity index (χ0) is 25.3. The third-order valence-electron chi connectivity index (χ3n) is 5.44. The summed E-state index contributed by atoms with van der Waals surface area (Å²) in [6.07, 6.45) is -1.50. The van der Waals surface area contributed by atoms with Crippen LogP contribution < -0.4 is 15.2 Å². The highest BCUT2D eigenvalue weighted by molar-refractivity contribution is 6.71. The lowest BCUT2D eigenvalue weighted by atomic mass is 10.0. The first kappa shape index (κ1) is 23.4. The van der Waals surface area contributed by atoms with E-state index in [1.807, 2.05) is 26.0 Å². The molecule has 35 heavy (non-hydrogen) atoms. The van der Waals surface area contributed by atoms with E-state index >= 15 is 0 Å². The summed E-state index contributed by atoms with van der Waals surface area (Å²) >= 11 is 0. The minimum absolute atomic E-state index is 0.00300. The van der Waals surface area contributed by atoms with Crippen molar-refractivity contribution in [3.05, 3.63) is 71.5 Å². The first-order chi connectivity index (χ1) is 16.6. The number of rotatable bonds is 5. The fraction of sp³-hybridized carbons (Fsp3) is 0.120. The van der Waals surface area contributed by atoms with Crippen molar-refractivity contribution in [2.45, 2.75) is 20.8 Å². The van der Waals surface area contributed by atoms with Gasteiger partial charge >= 0.3 is 12.1 Å². The van der Waals surface area contributed by atoms with Crippen LogP contribution in [-0.2, 0) is 4.79 Å². The molecule has 1 heterocycles. The SMILES string of the molecule is CC1=NN(c2ccc(C)c(C)c2)C(=O)C1=NNc1cc(F)cc(-c2cccc(OC(=O)O)c2)c1O. The highest BCUT2D eigenvalue weighted by atomic mass is 19.1. The van der Waals surface area contributed by atoms with Gasteiger partial charge in [-0.15, -0.1) is 0 Å². The highest BCUT2D eigenvalue weighted by Gasteiger charge is 2.31. The van der Waals surface area contributed by atoms with Crippen molar-refractivity contribution in [2.24, 2.45) is 10.2 Å². The molecule has 3 N–H and O–H groups in total. The van der Waals surface area contributed by atoms with Crippen LogP contribution in [0.1, 0.15) is 18.1 Å². The molecule has 3 aromatic carbocycles. The van der Waals surface area contributed by atoms with Gasteiger partial charge in [-0.1, -0.05) is 18.2 Å². The number of carbonyl (C=O) groups excluding carboxylic acids is 1. The number of nitrogens with one attached hydrogen (secondary N) is 1. The van der Waals surface area contributed by atoms with Crippen molar-refractivity contribution in [1.29, 1.82) is 0 Å². The van der Waals surface area contributed by atoms with Crippen LogP contribution in [0.4, 0.5) is 20.6 Å². The predicted molar refractivity (Wildman–Crippen MR) is 130 cm³/mol. The molecule has 0 fully saturated rings. The number of hydrazone groups is 2. The van der Waals surface area contributed by atoms with Gasteiger partial charge in [-0.2, -0.15) is 15.2 Å². The lowest BCUT2D eigenvalue weighted by molar-refractivity contribution is -0.112. The molecule has 0 saturated heterocycles. The van der Waals surface area contributed by atoms with Gasteiger partial charge in [-0.05, 0) is 67.8 Å². The van der Waals surface area contributed by atoms with E-state index in [4.69, 9.17) is 5.11 Å². The number of hydrogen-bond acceptors (Lipinski definition) is 7. The number of aromatic hydroxyl groups is 1. The lowest BCUT2D eigenvalue weighted by Gasteiger charge is -2.13. The van der Waals surface area contributed by atoms with Crippen LogP contribution in [0.2, 0.25) is 0 Å². The summed E-state index contributed by atoms with van der Waals surface area (Å²) in [7, 11) is 0. The topological polar surface area (TPSA) is 124 Å². The van der Waals surface area contributed by atoms with Crippen LogP contribution >= 0.6 is 0 Å². The number of nitrogens with zero attached hydrogens (tertiary/aromatic N) is 3. The largest absolute Gasteiger partial charge is 0.511 e. The fourth-order valence-corrected chi connectivity index (χ4v) is 3.51. The summed E-state index contributed by atoms with van der Waals surface area (Å²) in [6.45, 7) is 5.51. The van der Waals surface area contributed by atoms with Crippen LogP contribution in [0.3, 0.4) is 0 Å². The normalized spacial score (nSPS) is 14.3. The number of phenolic OH excluding ortho intramolecular Hbond substituents is 1. The van der Waals surface area contributed by atoms with Gasteiger partial charge in [0.15, 0.2) is 5.71 Å². The number of carbonyl (C=O) groups is 2. The molecule has 9 nitrogen and oxygen atoms in total. The summed E-state index contributed by atoms with van der Waals surface area (Å²) in [6, 6.07) is 13.4. The summed E-state index contributed by atoms with van der Waals surface area (Å²) in [5, 5.41) is 29.1. The number of phenols is 1. The number of hydrogen-bond donors (Lipinski definition) is 3. The molecular weight excluding hydrogens is 455 g/mol. The Kier molecular flexibility index (Phi) is 6.20. The Morgan fingerprint density at radius 2 is 1.86 bits per heavy atom. The number of carboxylic acid groups (broad SMARTS) is 1. The van der Waals surface area contributed by atoms with Gasteiger partial charge in [0.1, 0.15) is 23.0 Å². The van der Waals surface area contributed by atoms with E-state index in [0.717, 1.165) is 23.3 Å². The minimum Gasteiger partial charge on any atom is -0.505 e. The quantitative estimate of drug-likeness (QED) is 0.205. The highest BCUT2D eigenvalue weighted by Crippen LogP contribution is 2.38.